The quantitative estimate of drug-likeness (QED) is 0.851. The van der Waals surface area contributed by atoms with Gasteiger partial charge in [-0.05, 0) is 64.2 Å². The van der Waals surface area contributed by atoms with E-state index in [-0.39, 0.29) is 17.3 Å². The molecule has 2 aliphatic rings. The monoisotopic (exact) mass is 278 g/mol. The van der Waals surface area contributed by atoms with Crippen molar-refractivity contribution in [2.24, 2.45) is 5.92 Å². The van der Waals surface area contributed by atoms with E-state index in [1.165, 1.54) is 6.07 Å². The molecule has 1 aromatic rings. The second-order valence-electron chi connectivity index (χ2n) is 7.41. The van der Waals surface area contributed by atoms with Crippen molar-refractivity contribution in [1.29, 1.82) is 0 Å². The van der Waals surface area contributed by atoms with Crippen LogP contribution in [0.15, 0.2) is 18.2 Å². The van der Waals surface area contributed by atoms with E-state index in [9.17, 15) is 9.50 Å². The molecule has 0 aromatic heterocycles. The Hall–Kier alpha value is -0.930. The first-order valence-corrected chi connectivity index (χ1v) is 7.36. The molecule has 3 heteroatoms. The van der Waals surface area contributed by atoms with Crippen LogP contribution in [0.1, 0.15) is 51.7 Å². The summed E-state index contributed by atoms with van der Waals surface area (Å²) in [6, 6.07) is 5.04. The number of aliphatic hydroxyl groups is 1. The molecule has 1 N–H and O–H groups in total. The summed E-state index contributed by atoms with van der Waals surface area (Å²) in [6.45, 7) is 8.17. The fourth-order valence-corrected chi connectivity index (χ4v) is 4.34. The molecule has 2 unspecified atom stereocenters. The van der Waals surface area contributed by atoms with Crippen molar-refractivity contribution in [2.75, 3.05) is 0 Å². The fourth-order valence-electron chi connectivity index (χ4n) is 4.34. The molecular formula is C17H23FO2. The Morgan fingerprint density at radius 2 is 1.95 bits per heavy atom. The van der Waals surface area contributed by atoms with Crippen LogP contribution in [0, 0.1) is 11.7 Å². The van der Waals surface area contributed by atoms with E-state index in [1.807, 2.05) is 19.9 Å². The Balaban J connectivity index is 2.06. The summed E-state index contributed by atoms with van der Waals surface area (Å²) in [6.07, 6.45) is 1.97. The van der Waals surface area contributed by atoms with Crippen LogP contribution in [-0.4, -0.2) is 16.3 Å². The van der Waals surface area contributed by atoms with Gasteiger partial charge in [-0.15, -0.1) is 0 Å². The molecular weight excluding hydrogens is 255 g/mol. The molecule has 0 amide bonds. The number of benzene rings is 1. The fraction of sp³-hybridized carbons (Fsp3) is 0.647. The van der Waals surface area contributed by atoms with Crippen LogP contribution in [0.3, 0.4) is 0 Å². The lowest BCUT2D eigenvalue weighted by molar-refractivity contribution is -0.116. The van der Waals surface area contributed by atoms with E-state index >= 15 is 0 Å². The minimum atomic E-state index is -0.977. The van der Waals surface area contributed by atoms with Crippen LogP contribution >= 0.6 is 0 Å². The maximum absolute atomic E-state index is 13.9. The summed E-state index contributed by atoms with van der Waals surface area (Å²) in [5.74, 6) is -0.220. The number of halogens is 1. The Bertz CT molecular complexity index is 550. The van der Waals surface area contributed by atoms with E-state index in [4.69, 9.17) is 4.74 Å². The predicted molar refractivity (Wildman–Crippen MR) is 76.0 cm³/mol. The van der Waals surface area contributed by atoms with Crippen LogP contribution < -0.4 is 0 Å². The molecule has 1 aliphatic carbocycles. The molecule has 3 rings (SSSR count). The van der Waals surface area contributed by atoms with Crippen molar-refractivity contribution in [3.63, 3.8) is 0 Å². The molecule has 0 saturated carbocycles. The minimum absolute atomic E-state index is 0.0203. The van der Waals surface area contributed by atoms with Crippen LogP contribution in [0.2, 0.25) is 0 Å². The zero-order valence-corrected chi connectivity index (χ0v) is 12.7. The highest BCUT2D eigenvalue weighted by Gasteiger charge is 2.57. The average Bonchev–Trinajstić information content (AvgIpc) is 2.76. The third kappa shape index (κ3) is 1.91. The molecule has 0 spiro atoms. The maximum Gasteiger partial charge on any atom is 0.126 e. The third-order valence-corrected chi connectivity index (χ3v) is 4.99. The first-order valence-electron chi connectivity index (χ1n) is 7.36. The molecule has 1 aromatic carbocycles. The number of hydrogen-bond donors (Lipinski definition) is 1. The molecule has 1 heterocycles. The first kappa shape index (κ1) is 14.0. The number of rotatable bonds is 1. The van der Waals surface area contributed by atoms with Crippen LogP contribution in [0.5, 0.6) is 0 Å². The average molecular weight is 278 g/mol. The lowest BCUT2D eigenvalue weighted by Gasteiger charge is -2.38. The summed E-state index contributed by atoms with van der Waals surface area (Å²) in [4.78, 5) is 0. The molecule has 0 bridgehead atoms. The summed E-state index contributed by atoms with van der Waals surface area (Å²) >= 11 is 0. The highest BCUT2D eigenvalue weighted by Crippen LogP contribution is 2.54. The minimum Gasteiger partial charge on any atom is -0.385 e. The van der Waals surface area contributed by atoms with Crippen molar-refractivity contribution in [3.8, 4) is 0 Å². The Kier molecular flexibility index (Phi) is 2.84. The summed E-state index contributed by atoms with van der Waals surface area (Å²) < 4.78 is 20.0. The normalized spacial score (nSPS) is 34.2. The summed E-state index contributed by atoms with van der Waals surface area (Å²) in [5, 5.41) is 11.3. The lowest BCUT2D eigenvalue weighted by Crippen LogP contribution is -2.43. The second kappa shape index (κ2) is 4.05. The lowest BCUT2D eigenvalue weighted by atomic mass is 9.72. The van der Waals surface area contributed by atoms with Gasteiger partial charge in [0, 0.05) is 5.92 Å². The number of fused-ring (bicyclic) bond motifs is 1. The Morgan fingerprint density at radius 1 is 1.25 bits per heavy atom. The summed E-state index contributed by atoms with van der Waals surface area (Å²) in [5.41, 5.74) is -0.201. The van der Waals surface area contributed by atoms with Gasteiger partial charge in [-0.3, -0.25) is 0 Å². The molecule has 0 radical (unpaired) electrons. The number of ether oxygens (including phenoxy) is 1. The van der Waals surface area contributed by atoms with E-state index in [0.29, 0.717) is 18.4 Å². The van der Waals surface area contributed by atoms with Gasteiger partial charge in [-0.2, -0.15) is 0 Å². The van der Waals surface area contributed by atoms with Gasteiger partial charge in [0.2, 0.25) is 0 Å². The second-order valence-corrected chi connectivity index (χ2v) is 7.41. The maximum atomic E-state index is 13.9. The van der Waals surface area contributed by atoms with E-state index in [1.54, 1.807) is 6.07 Å². The van der Waals surface area contributed by atoms with Crippen LogP contribution in [0.4, 0.5) is 4.39 Å². The van der Waals surface area contributed by atoms with Crippen molar-refractivity contribution >= 4 is 0 Å². The largest absolute Gasteiger partial charge is 0.385 e. The Morgan fingerprint density at radius 3 is 2.55 bits per heavy atom. The summed E-state index contributed by atoms with van der Waals surface area (Å²) in [7, 11) is 0. The predicted octanol–water partition coefficient (Wildman–Crippen LogP) is 3.55. The molecule has 2 atom stereocenters. The highest BCUT2D eigenvalue weighted by atomic mass is 19.1. The molecule has 1 saturated heterocycles. The van der Waals surface area contributed by atoms with Crippen molar-refractivity contribution < 1.29 is 14.2 Å². The highest BCUT2D eigenvalue weighted by molar-refractivity contribution is 5.39. The smallest absolute Gasteiger partial charge is 0.126 e. The molecule has 2 nitrogen and oxygen atoms in total. The third-order valence-electron chi connectivity index (χ3n) is 4.99. The van der Waals surface area contributed by atoms with E-state index in [0.717, 1.165) is 12.0 Å². The van der Waals surface area contributed by atoms with Gasteiger partial charge in [0.1, 0.15) is 5.82 Å². The molecule has 1 aliphatic heterocycles. The molecule has 1 fully saturated rings. The SMILES string of the molecule is CC1(C)CC(C2(O)CCc3c(F)cccc32)C(C)(C)O1. The van der Waals surface area contributed by atoms with Gasteiger partial charge in [-0.25, -0.2) is 4.39 Å². The zero-order chi connectivity index (χ0) is 14.8. The van der Waals surface area contributed by atoms with Crippen LogP contribution in [0.25, 0.3) is 0 Å². The van der Waals surface area contributed by atoms with Gasteiger partial charge in [0.05, 0.1) is 16.8 Å². The van der Waals surface area contributed by atoms with Gasteiger partial charge < -0.3 is 9.84 Å². The standard InChI is InChI=1S/C17H23FO2/c1-15(2)10-14(16(3,4)20-15)17(19)9-8-11-12(17)6-5-7-13(11)18/h5-7,14,19H,8-10H2,1-4H3. The van der Waals surface area contributed by atoms with Crippen molar-refractivity contribution in [3.05, 3.63) is 35.1 Å². The first-order chi connectivity index (χ1) is 9.16. The van der Waals surface area contributed by atoms with Gasteiger partial charge in [0.15, 0.2) is 0 Å². The van der Waals surface area contributed by atoms with E-state index < -0.39 is 11.2 Å². The van der Waals surface area contributed by atoms with Gasteiger partial charge in [-0.1, -0.05) is 12.1 Å². The Labute approximate surface area is 120 Å². The topological polar surface area (TPSA) is 29.5 Å². The van der Waals surface area contributed by atoms with Crippen LogP contribution in [-0.2, 0) is 16.8 Å². The molecule has 20 heavy (non-hydrogen) atoms. The van der Waals surface area contributed by atoms with Gasteiger partial charge in [0.25, 0.3) is 0 Å². The van der Waals surface area contributed by atoms with Crippen molar-refractivity contribution in [2.45, 2.75) is 63.8 Å². The van der Waals surface area contributed by atoms with Gasteiger partial charge >= 0.3 is 0 Å². The van der Waals surface area contributed by atoms with Crippen molar-refractivity contribution in [1.82, 2.24) is 0 Å². The zero-order valence-electron chi connectivity index (χ0n) is 12.7. The van der Waals surface area contributed by atoms with E-state index in [2.05, 4.69) is 13.8 Å². The number of hydrogen-bond acceptors (Lipinski definition) is 2. The molecule has 110 valence electrons.